The van der Waals surface area contributed by atoms with Crippen LogP contribution in [0.25, 0.3) is 0 Å². The standard InChI is InChI=1S/C21H13Cl2F3N2O/c22-16-9-8-13(11-17(16)23)27-19-15-6-1-2-7-18(15)28(20(19)29)14-5-3-4-12(10-14)21(24,25)26/h1-9,11-12H,10H2. The van der Waals surface area contributed by atoms with Gasteiger partial charge in [0.15, 0.2) is 0 Å². The average molecular weight is 437 g/mol. The second-order valence-corrected chi connectivity index (χ2v) is 7.43. The molecular weight excluding hydrogens is 424 g/mol. The van der Waals surface area contributed by atoms with Crippen molar-refractivity contribution in [1.82, 2.24) is 0 Å². The number of allylic oxidation sites excluding steroid dienone is 4. The van der Waals surface area contributed by atoms with E-state index in [0.29, 0.717) is 22.0 Å². The van der Waals surface area contributed by atoms with Crippen molar-refractivity contribution >= 4 is 46.2 Å². The summed E-state index contributed by atoms with van der Waals surface area (Å²) in [5.41, 5.74) is 1.87. The number of aliphatic imine (C=N–C) groups is 1. The Morgan fingerprint density at radius 1 is 1.07 bits per heavy atom. The number of anilines is 1. The molecule has 2 aromatic rings. The molecule has 3 nitrogen and oxygen atoms in total. The quantitative estimate of drug-likeness (QED) is 0.529. The summed E-state index contributed by atoms with van der Waals surface area (Å²) in [5.74, 6) is -2.13. The van der Waals surface area contributed by atoms with E-state index in [1.807, 2.05) is 0 Å². The molecule has 0 radical (unpaired) electrons. The average Bonchev–Trinajstić information content (AvgIpc) is 2.96. The largest absolute Gasteiger partial charge is 0.395 e. The zero-order chi connectivity index (χ0) is 20.8. The van der Waals surface area contributed by atoms with Gasteiger partial charge in [-0.15, -0.1) is 0 Å². The third-order valence-electron chi connectivity index (χ3n) is 4.72. The van der Waals surface area contributed by atoms with Crippen LogP contribution in [0.2, 0.25) is 10.0 Å². The number of fused-ring (bicyclic) bond motifs is 1. The molecule has 0 spiro atoms. The molecule has 2 aromatic carbocycles. The molecule has 1 atom stereocenters. The van der Waals surface area contributed by atoms with E-state index in [1.165, 1.54) is 23.1 Å². The first kappa shape index (κ1) is 19.7. The van der Waals surface area contributed by atoms with Crippen LogP contribution in [-0.4, -0.2) is 17.8 Å². The second kappa shape index (κ2) is 7.35. The molecule has 0 fully saturated rings. The lowest BCUT2D eigenvalue weighted by molar-refractivity contribution is -0.161. The van der Waals surface area contributed by atoms with E-state index in [9.17, 15) is 18.0 Å². The van der Waals surface area contributed by atoms with Gasteiger partial charge in [0.05, 0.1) is 27.3 Å². The first-order valence-corrected chi connectivity index (χ1v) is 9.43. The molecule has 1 unspecified atom stereocenters. The van der Waals surface area contributed by atoms with E-state index in [4.69, 9.17) is 23.2 Å². The smallest absolute Gasteiger partial charge is 0.279 e. The zero-order valence-corrected chi connectivity index (χ0v) is 16.3. The summed E-state index contributed by atoms with van der Waals surface area (Å²) in [5, 5.41) is 0.644. The molecule has 0 N–H and O–H groups in total. The predicted molar refractivity (Wildman–Crippen MR) is 108 cm³/mol. The molecule has 1 aliphatic carbocycles. The van der Waals surface area contributed by atoms with Gasteiger partial charge in [0, 0.05) is 17.7 Å². The Morgan fingerprint density at radius 3 is 2.55 bits per heavy atom. The SMILES string of the molecule is O=C1C(=Nc2ccc(Cl)c(Cl)c2)c2ccccc2N1C1=CC=CC(C(F)(F)F)C1. The molecule has 0 aromatic heterocycles. The van der Waals surface area contributed by atoms with Crippen molar-refractivity contribution in [1.29, 1.82) is 0 Å². The molecule has 1 aliphatic heterocycles. The van der Waals surface area contributed by atoms with Gasteiger partial charge in [-0.2, -0.15) is 13.2 Å². The van der Waals surface area contributed by atoms with Crippen LogP contribution in [0.1, 0.15) is 12.0 Å². The third kappa shape index (κ3) is 3.70. The van der Waals surface area contributed by atoms with Crippen LogP contribution in [0.5, 0.6) is 0 Å². The Hall–Kier alpha value is -2.57. The number of rotatable bonds is 2. The van der Waals surface area contributed by atoms with Crippen molar-refractivity contribution in [3.8, 4) is 0 Å². The monoisotopic (exact) mass is 436 g/mol. The number of para-hydroxylation sites is 1. The van der Waals surface area contributed by atoms with E-state index in [-0.39, 0.29) is 22.9 Å². The fraction of sp³-hybridized carbons (Fsp3) is 0.143. The Bertz CT molecular complexity index is 1090. The fourth-order valence-corrected chi connectivity index (χ4v) is 3.62. The summed E-state index contributed by atoms with van der Waals surface area (Å²) < 4.78 is 39.6. The maximum Gasteiger partial charge on any atom is 0.395 e. The van der Waals surface area contributed by atoms with Crippen molar-refractivity contribution in [3.05, 3.63) is 82.0 Å². The number of carbonyl (C=O) groups is 1. The first-order valence-electron chi connectivity index (χ1n) is 8.67. The van der Waals surface area contributed by atoms with E-state index < -0.39 is 18.0 Å². The fourth-order valence-electron chi connectivity index (χ4n) is 3.33. The molecule has 8 heteroatoms. The zero-order valence-electron chi connectivity index (χ0n) is 14.8. The highest BCUT2D eigenvalue weighted by Gasteiger charge is 2.42. The minimum Gasteiger partial charge on any atom is -0.279 e. The van der Waals surface area contributed by atoms with Crippen LogP contribution >= 0.6 is 23.2 Å². The second-order valence-electron chi connectivity index (χ2n) is 6.61. The summed E-state index contributed by atoms with van der Waals surface area (Å²) in [7, 11) is 0. The van der Waals surface area contributed by atoms with Gasteiger partial charge < -0.3 is 0 Å². The van der Waals surface area contributed by atoms with E-state index in [2.05, 4.69) is 4.99 Å². The number of carbonyl (C=O) groups excluding carboxylic acids is 1. The molecule has 1 heterocycles. The topological polar surface area (TPSA) is 32.7 Å². The van der Waals surface area contributed by atoms with Crippen molar-refractivity contribution in [3.63, 3.8) is 0 Å². The molecule has 0 saturated heterocycles. The highest BCUT2D eigenvalue weighted by molar-refractivity contribution is 6.55. The molecule has 2 aliphatic rings. The summed E-state index contributed by atoms with van der Waals surface area (Å²) in [6.07, 6.45) is -0.740. The number of amides is 1. The van der Waals surface area contributed by atoms with E-state index >= 15 is 0 Å². The molecular formula is C21H13Cl2F3N2O. The van der Waals surface area contributed by atoms with Crippen LogP contribution < -0.4 is 4.90 Å². The van der Waals surface area contributed by atoms with Crippen LogP contribution in [-0.2, 0) is 4.79 Å². The number of nitrogens with zero attached hydrogens (tertiary/aromatic N) is 2. The van der Waals surface area contributed by atoms with Crippen molar-refractivity contribution in [2.45, 2.75) is 12.6 Å². The molecule has 148 valence electrons. The maximum atomic E-state index is 13.2. The molecule has 1 amide bonds. The first-order chi connectivity index (χ1) is 13.8. The number of hydrogen-bond donors (Lipinski definition) is 0. The van der Waals surface area contributed by atoms with Gasteiger partial charge in [0.25, 0.3) is 5.91 Å². The van der Waals surface area contributed by atoms with Gasteiger partial charge in [-0.25, -0.2) is 4.99 Å². The highest BCUT2D eigenvalue weighted by Crippen LogP contribution is 2.40. The number of hydrogen-bond acceptors (Lipinski definition) is 2. The van der Waals surface area contributed by atoms with Gasteiger partial charge in [-0.3, -0.25) is 9.69 Å². The van der Waals surface area contributed by atoms with Crippen LogP contribution in [0.15, 0.2) is 71.4 Å². The van der Waals surface area contributed by atoms with Crippen molar-refractivity contribution in [2.24, 2.45) is 10.9 Å². The van der Waals surface area contributed by atoms with Gasteiger partial charge in [0.1, 0.15) is 5.71 Å². The minimum atomic E-state index is -4.38. The third-order valence-corrected chi connectivity index (χ3v) is 5.46. The lowest BCUT2D eigenvalue weighted by Crippen LogP contribution is -2.33. The van der Waals surface area contributed by atoms with Gasteiger partial charge in [-0.05, 0) is 30.3 Å². The summed E-state index contributed by atoms with van der Waals surface area (Å²) in [6.45, 7) is 0. The van der Waals surface area contributed by atoms with Gasteiger partial charge >= 0.3 is 6.18 Å². The summed E-state index contributed by atoms with van der Waals surface area (Å²) in [4.78, 5) is 18.9. The molecule has 4 rings (SSSR count). The van der Waals surface area contributed by atoms with E-state index in [0.717, 1.165) is 6.08 Å². The summed E-state index contributed by atoms with van der Waals surface area (Å²) >= 11 is 11.9. The number of halogens is 5. The normalized spacial score (nSPS) is 20.2. The van der Waals surface area contributed by atoms with Crippen LogP contribution in [0.3, 0.4) is 0 Å². The molecule has 0 saturated carbocycles. The van der Waals surface area contributed by atoms with Crippen LogP contribution in [0, 0.1) is 5.92 Å². The van der Waals surface area contributed by atoms with E-state index in [1.54, 1.807) is 36.4 Å². The Morgan fingerprint density at radius 2 is 1.83 bits per heavy atom. The Balaban J connectivity index is 1.76. The minimum absolute atomic E-state index is 0.137. The highest BCUT2D eigenvalue weighted by atomic mass is 35.5. The van der Waals surface area contributed by atoms with Gasteiger partial charge in [0.2, 0.25) is 0 Å². The predicted octanol–water partition coefficient (Wildman–Crippen LogP) is 6.48. The molecule has 0 bridgehead atoms. The number of benzene rings is 2. The Kier molecular flexibility index (Phi) is 5.00. The molecule has 29 heavy (non-hydrogen) atoms. The summed E-state index contributed by atoms with van der Waals surface area (Å²) in [6, 6.07) is 11.6. The van der Waals surface area contributed by atoms with Crippen molar-refractivity contribution < 1.29 is 18.0 Å². The van der Waals surface area contributed by atoms with Gasteiger partial charge in [-0.1, -0.05) is 53.6 Å². The maximum absolute atomic E-state index is 13.2. The lowest BCUT2D eigenvalue weighted by Gasteiger charge is -2.27. The number of alkyl halides is 3. The van der Waals surface area contributed by atoms with Crippen molar-refractivity contribution in [2.75, 3.05) is 4.90 Å². The van der Waals surface area contributed by atoms with Crippen LogP contribution in [0.4, 0.5) is 24.5 Å². The Labute approximate surface area is 174 Å². The lowest BCUT2D eigenvalue weighted by atomic mass is 9.97.